The zero-order valence-electron chi connectivity index (χ0n) is 15.2. The lowest BCUT2D eigenvalue weighted by Crippen LogP contribution is -2.36. The van der Waals surface area contributed by atoms with Crippen molar-refractivity contribution >= 4 is 11.0 Å². The zero-order valence-corrected chi connectivity index (χ0v) is 15.2. The molecule has 0 amide bonds. The van der Waals surface area contributed by atoms with Gasteiger partial charge in [0.05, 0.1) is 20.8 Å². The molecule has 8 nitrogen and oxygen atoms in total. The standard InChI is InChI=1S/C20H18O8/c1-24-13-6-11(5-12(22)8-13)17-15(9-21)26-19-14(25-2)7-10-3-4-16(23)27-18(10)20(19)28-17/h3-8,15,17,21-22H,9H2,1-2H3/t15-,17+/m1/s1. The van der Waals surface area contributed by atoms with Gasteiger partial charge in [-0.25, -0.2) is 4.79 Å². The molecule has 0 saturated carbocycles. The van der Waals surface area contributed by atoms with E-state index in [4.69, 9.17) is 23.4 Å². The third-order valence-electron chi connectivity index (χ3n) is 4.52. The summed E-state index contributed by atoms with van der Waals surface area (Å²) in [5, 5.41) is 20.4. The number of aliphatic hydroxyl groups is 1. The summed E-state index contributed by atoms with van der Waals surface area (Å²) in [5.41, 5.74) is 0.191. The summed E-state index contributed by atoms with van der Waals surface area (Å²) in [6.07, 6.45) is -1.58. The molecule has 1 aromatic heterocycles. The van der Waals surface area contributed by atoms with E-state index in [1.807, 2.05) is 0 Å². The van der Waals surface area contributed by atoms with Gasteiger partial charge in [-0.05, 0) is 24.3 Å². The summed E-state index contributed by atoms with van der Waals surface area (Å²) in [6, 6.07) is 9.16. The summed E-state index contributed by atoms with van der Waals surface area (Å²) in [7, 11) is 2.95. The van der Waals surface area contributed by atoms with Crippen molar-refractivity contribution in [3.63, 3.8) is 0 Å². The van der Waals surface area contributed by atoms with Crippen LogP contribution in [0.3, 0.4) is 0 Å². The Kier molecular flexibility index (Phi) is 4.48. The van der Waals surface area contributed by atoms with Crippen molar-refractivity contribution in [1.29, 1.82) is 0 Å². The van der Waals surface area contributed by atoms with Crippen molar-refractivity contribution in [2.75, 3.05) is 20.8 Å². The lowest BCUT2D eigenvalue weighted by atomic mass is 10.0. The number of aliphatic hydroxyl groups excluding tert-OH is 1. The number of hydrogen-bond donors (Lipinski definition) is 2. The first-order chi connectivity index (χ1) is 13.5. The minimum atomic E-state index is -0.792. The van der Waals surface area contributed by atoms with Crippen molar-refractivity contribution in [2.24, 2.45) is 0 Å². The van der Waals surface area contributed by atoms with Crippen molar-refractivity contribution in [3.8, 4) is 28.7 Å². The maximum absolute atomic E-state index is 11.7. The Morgan fingerprint density at radius 2 is 1.86 bits per heavy atom. The second kappa shape index (κ2) is 6.97. The van der Waals surface area contributed by atoms with E-state index < -0.39 is 17.8 Å². The second-order valence-electron chi connectivity index (χ2n) is 6.25. The molecule has 28 heavy (non-hydrogen) atoms. The first-order valence-electron chi connectivity index (χ1n) is 8.51. The Labute approximate surface area is 159 Å². The average molecular weight is 386 g/mol. The number of methoxy groups -OCH3 is 2. The lowest BCUT2D eigenvalue weighted by Gasteiger charge is -2.34. The van der Waals surface area contributed by atoms with Gasteiger partial charge in [0.15, 0.2) is 23.5 Å². The van der Waals surface area contributed by atoms with E-state index in [1.165, 1.54) is 32.4 Å². The average Bonchev–Trinajstić information content (AvgIpc) is 2.71. The molecule has 0 radical (unpaired) electrons. The highest BCUT2D eigenvalue weighted by atomic mass is 16.6. The summed E-state index contributed by atoms with van der Waals surface area (Å²) >= 11 is 0. The molecule has 0 bridgehead atoms. The molecular weight excluding hydrogens is 368 g/mol. The molecule has 0 saturated heterocycles. The first kappa shape index (κ1) is 18.0. The van der Waals surface area contributed by atoms with Crippen molar-refractivity contribution < 1.29 is 33.6 Å². The van der Waals surface area contributed by atoms with Crippen LogP contribution in [-0.2, 0) is 0 Å². The fraction of sp³-hybridized carbons (Fsp3) is 0.250. The van der Waals surface area contributed by atoms with Crippen LogP contribution in [0.2, 0.25) is 0 Å². The van der Waals surface area contributed by atoms with Crippen LogP contribution in [0.15, 0.2) is 45.6 Å². The van der Waals surface area contributed by atoms with Gasteiger partial charge in [-0.1, -0.05) is 0 Å². The molecule has 2 heterocycles. The van der Waals surface area contributed by atoms with Crippen LogP contribution >= 0.6 is 0 Å². The van der Waals surface area contributed by atoms with E-state index in [1.54, 1.807) is 18.2 Å². The molecule has 3 aromatic rings. The number of benzene rings is 2. The molecular formula is C20H18O8. The maximum atomic E-state index is 11.7. The van der Waals surface area contributed by atoms with E-state index in [0.717, 1.165) is 0 Å². The van der Waals surface area contributed by atoms with E-state index >= 15 is 0 Å². The molecule has 1 aliphatic heterocycles. The summed E-state index contributed by atoms with van der Waals surface area (Å²) < 4.78 is 28.0. The Morgan fingerprint density at radius 1 is 1.04 bits per heavy atom. The van der Waals surface area contributed by atoms with Gasteiger partial charge in [-0.15, -0.1) is 0 Å². The summed E-state index contributed by atoms with van der Waals surface area (Å²) in [6.45, 7) is -0.359. The van der Waals surface area contributed by atoms with Gasteiger partial charge < -0.3 is 33.6 Å². The molecule has 0 unspecified atom stereocenters. The number of hydrogen-bond acceptors (Lipinski definition) is 8. The first-order valence-corrected chi connectivity index (χ1v) is 8.51. The number of aromatic hydroxyl groups is 1. The highest BCUT2D eigenvalue weighted by molar-refractivity contribution is 5.88. The molecule has 146 valence electrons. The van der Waals surface area contributed by atoms with Crippen molar-refractivity contribution in [2.45, 2.75) is 12.2 Å². The highest BCUT2D eigenvalue weighted by Crippen LogP contribution is 2.49. The van der Waals surface area contributed by atoms with Gasteiger partial charge in [0.1, 0.15) is 11.5 Å². The van der Waals surface area contributed by atoms with E-state index in [0.29, 0.717) is 22.4 Å². The molecule has 0 fully saturated rings. The van der Waals surface area contributed by atoms with Crippen LogP contribution in [0, 0.1) is 0 Å². The monoisotopic (exact) mass is 386 g/mol. The number of rotatable bonds is 4. The molecule has 0 spiro atoms. The predicted molar refractivity (Wildman–Crippen MR) is 98.6 cm³/mol. The topological polar surface area (TPSA) is 108 Å². The van der Waals surface area contributed by atoms with E-state index in [-0.39, 0.29) is 29.4 Å². The maximum Gasteiger partial charge on any atom is 0.336 e. The smallest absolute Gasteiger partial charge is 0.336 e. The summed E-state index contributed by atoms with van der Waals surface area (Å²) in [4.78, 5) is 11.7. The quantitative estimate of drug-likeness (QED) is 0.658. The Balaban J connectivity index is 1.90. The van der Waals surface area contributed by atoms with Crippen LogP contribution in [-0.4, -0.2) is 37.1 Å². The minimum absolute atomic E-state index is 0.0255. The van der Waals surface area contributed by atoms with Gasteiger partial charge in [0.25, 0.3) is 0 Å². The molecule has 4 rings (SSSR count). The zero-order chi connectivity index (χ0) is 19.8. The second-order valence-corrected chi connectivity index (χ2v) is 6.25. The largest absolute Gasteiger partial charge is 0.508 e. The minimum Gasteiger partial charge on any atom is -0.508 e. The van der Waals surface area contributed by atoms with Gasteiger partial charge in [-0.3, -0.25) is 0 Å². The molecule has 2 atom stereocenters. The van der Waals surface area contributed by atoms with Gasteiger partial charge >= 0.3 is 5.63 Å². The number of fused-ring (bicyclic) bond motifs is 3. The summed E-state index contributed by atoms with van der Waals surface area (Å²) in [5.74, 6) is 1.18. The number of phenols is 1. The predicted octanol–water partition coefficient (Wildman–Crippen LogP) is 2.39. The van der Waals surface area contributed by atoms with Crippen molar-refractivity contribution in [1.82, 2.24) is 0 Å². The highest BCUT2D eigenvalue weighted by Gasteiger charge is 2.37. The van der Waals surface area contributed by atoms with Gasteiger partial charge in [0, 0.05) is 23.1 Å². The molecule has 0 aliphatic carbocycles. The van der Waals surface area contributed by atoms with Gasteiger partial charge in [0.2, 0.25) is 11.5 Å². The van der Waals surface area contributed by atoms with Crippen LogP contribution < -0.4 is 24.6 Å². The van der Waals surface area contributed by atoms with Crippen molar-refractivity contribution in [3.05, 3.63) is 52.4 Å². The fourth-order valence-corrected chi connectivity index (χ4v) is 3.23. The van der Waals surface area contributed by atoms with Crippen LogP contribution in [0.4, 0.5) is 0 Å². The fourth-order valence-electron chi connectivity index (χ4n) is 3.23. The molecule has 2 N–H and O–H groups in total. The molecule has 2 aromatic carbocycles. The Hall–Kier alpha value is -3.39. The van der Waals surface area contributed by atoms with Crippen LogP contribution in [0.5, 0.6) is 28.7 Å². The normalized spacial score (nSPS) is 18.1. The van der Waals surface area contributed by atoms with Crippen LogP contribution in [0.1, 0.15) is 11.7 Å². The lowest BCUT2D eigenvalue weighted by molar-refractivity contribution is -0.0137. The Bertz CT molecular complexity index is 1090. The SMILES string of the molecule is COc1cc(O)cc([C@@H]2Oc3c(c(OC)cc4ccc(=O)oc34)O[C@@H]2CO)c1. The third kappa shape index (κ3) is 2.97. The third-order valence-corrected chi connectivity index (χ3v) is 4.52. The van der Waals surface area contributed by atoms with Gasteiger partial charge in [-0.2, -0.15) is 0 Å². The van der Waals surface area contributed by atoms with E-state index in [2.05, 4.69) is 0 Å². The number of phenolic OH excluding ortho intramolecular Hbond substituents is 1. The van der Waals surface area contributed by atoms with Crippen LogP contribution in [0.25, 0.3) is 11.0 Å². The molecule has 1 aliphatic rings. The Morgan fingerprint density at radius 3 is 2.57 bits per heavy atom. The number of ether oxygens (including phenoxy) is 4. The van der Waals surface area contributed by atoms with E-state index in [9.17, 15) is 15.0 Å². The molecule has 8 heteroatoms.